The number of aromatic amines is 1. The Morgan fingerprint density at radius 1 is 1.37 bits per heavy atom. The molecule has 0 saturated heterocycles. The van der Waals surface area contributed by atoms with Crippen LogP contribution in [0.5, 0.6) is 0 Å². The van der Waals surface area contributed by atoms with Gasteiger partial charge in [0.25, 0.3) is 5.91 Å². The maximum atomic E-state index is 11.9. The van der Waals surface area contributed by atoms with Gasteiger partial charge in [0.2, 0.25) is 0 Å². The molecule has 2 aromatic heterocycles. The number of pyridine rings is 1. The van der Waals surface area contributed by atoms with E-state index in [1.54, 1.807) is 31.5 Å². The van der Waals surface area contributed by atoms with E-state index in [-0.39, 0.29) is 17.4 Å². The number of carboxylic acids is 1. The number of imidazole rings is 1. The molecule has 2 heterocycles. The fourth-order valence-electron chi connectivity index (χ4n) is 1.63. The van der Waals surface area contributed by atoms with Gasteiger partial charge in [-0.15, -0.1) is 0 Å². The molecule has 19 heavy (non-hydrogen) atoms. The number of carbonyl (C=O) groups is 2. The first kappa shape index (κ1) is 12.7. The van der Waals surface area contributed by atoms with E-state index in [2.05, 4.69) is 20.3 Å². The summed E-state index contributed by atoms with van der Waals surface area (Å²) < 4.78 is 0. The van der Waals surface area contributed by atoms with Gasteiger partial charge in [0.15, 0.2) is 11.4 Å². The molecule has 0 radical (unpaired) electrons. The quantitative estimate of drug-likeness (QED) is 0.759. The zero-order valence-electron chi connectivity index (χ0n) is 10.1. The van der Waals surface area contributed by atoms with E-state index in [1.165, 1.54) is 6.33 Å². The van der Waals surface area contributed by atoms with Crippen LogP contribution >= 0.6 is 0 Å². The maximum Gasteiger partial charge on any atom is 0.354 e. The summed E-state index contributed by atoms with van der Waals surface area (Å²) in [7, 11) is 0. The lowest BCUT2D eigenvalue weighted by Gasteiger charge is -2.13. The molecule has 0 bridgehead atoms. The van der Waals surface area contributed by atoms with Crippen molar-refractivity contribution in [3.8, 4) is 0 Å². The summed E-state index contributed by atoms with van der Waals surface area (Å²) >= 11 is 0. The van der Waals surface area contributed by atoms with Crippen LogP contribution in [-0.4, -0.2) is 31.9 Å². The van der Waals surface area contributed by atoms with Crippen LogP contribution in [0, 0.1) is 0 Å². The van der Waals surface area contributed by atoms with Gasteiger partial charge in [-0.25, -0.2) is 9.78 Å². The first-order chi connectivity index (χ1) is 9.09. The van der Waals surface area contributed by atoms with Crippen molar-refractivity contribution in [3.05, 3.63) is 47.8 Å². The van der Waals surface area contributed by atoms with Crippen LogP contribution in [0.25, 0.3) is 0 Å². The molecule has 0 aliphatic heterocycles. The summed E-state index contributed by atoms with van der Waals surface area (Å²) in [5.41, 5.74) is 0.517. The van der Waals surface area contributed by atoms with Gasteiger partial charge in [-0.05, 0) is 24.6 Å². The molecule has 0 spiro atoms. The van der Waals surface area contributed by atoms with Crippen LogP contribution in [0.15, 0.2) is 30.9 Å². The Morgan fingerprint density at radius 2 is 2.05 bits per heavy atom. The standard InChI is InChI=1S/C12H12N4O3/c1-7(8-2-4-13-5-3-8)16-11(17)9-10(12(18)19)15-6-14-9/h2-7H,1H3,(H,14,15)(H,16,17)(H,18,19)/t7-/m0/s1. The van der Waals surface area contributed by atoms with Crippen LogP contribution in [0.3, 0.4) is 0 Å². The lowest BCUT2D eigenvalue weighted by molar-refractivity contribution is 0.0684. The Hall–Kier alpha value is -2.70. The third-order valence-electron chi connectivity index (χ3n) is 2.62. The largest absolute Gasteiger partial charge is 0.477 e. The van der Waals surface area contributed by atoms with Crippen molar-refractivity contribution in [2.24, 2.45) is 0 Å². The molecule has 0 saturated carbocycles. The molecule has 2 rings (SSSR count). The molecule has 0 aliphatic rings. The number of aromatic nitrogens is 3. The molecule has 7 heteroatoms. The number of hydrogen-bond acceptors (Lipinski definition) is 4. The lowest BCUT2D eigenvalue weighted by atomic mass is 10.1. The van der Waals surface area contributed by atoms with Gasteiger partial charge in [0.1, 0.15) is 0 Å². The number of aromatic carboxylic acids is 1. The van der Waals surface area contributed by atoms with E-state index in [9.17, 15) is 9.59 Å². The minimum absolute atomic E-state index is 0.131. The van der Waals surface area contributed by atoms with Gasteiger partial charge in [0.05, 0.1) is 12.4 Å². The van der Waals surface area contributed by atoms with Gasteiger partial charge in [-0.1, -0.05) is 0 Å². The van der Waals surface area contributed by atoms with Gasteiger partial charge in [0, 0.05) is 12.4 Å². The maximum absolute atomic E-state index is 11.9. The SMILES string of the molecule is C[C@H](NC(=O)c1nc[nH]c1C(=O)O)c1ccncc1. The predicted molar refractivity (Wildman–Crippen MR) is 65.7 cm³/mol. The van der Waals surface area contributed by atoms with Gasteiger partial charge < -0.3 is 15.4 Å². The Balaban J connectivity index is 2.13. The van der Waals surface area contributed by atoms with E-state index in [1.807, 2.05) is 0 Å². The van der Waals surface area contributed by atoms with Crippen molar-refractivity contribution in [2.75, 3.05) is 0 Å². The van der Waals surface area contributed by atoms with E-state index >= 15 is 0 Å². The molecule has 0 fully saturated rings. The minimum Gasteiger partial charge on any atom is -0.477 e. The van der Waals surface area contributed by atoms with Crippen molar-refractivity contribution in [3.63, 3.8) is 0 Å². The normalized spacial score (nSPS) is 11.8. The number of nitrogens with zero attached hydrogens (tertiary/aromatic N) is 2. The van der Waals surface area contributed by atoms with Crippen molar-refractivity contribution >= 4 is 11.9 Å². The topological polar surface area (TPSA) is 108 Å². The fraction of sp³-hybridized carbons (Fsp3) is 0.167. The van der Waals surface area contributed by atoms with E-state index in [4.69, 9.17) is 5.11 Å². The second-order valence-electron chi connectivity index (χ2n) is 3.91. The smallest absolute Gasteiger partial charge is 0.354 e. The first-order valence-electron chi connectivity index (χ1n) is 5.57. The highest BCUT2D eigenvalue weighted by Gasteiger charge is 2.21. The first-order valence-corrected chi connectivity index (χ1v) is 5.57. The molecule has 3 N–H and O–H groups in total. The summed E-state index contributed by atoms with van der Waals surface area (Å²) in [5, 5.41) is 11.6. The number of rotatable bonds is 4. The monoisotopic (exact) mass is 260 g/mol. The molecular formula is C12H12N4O3. The summed E-state index contributed by atoms with van der Waals surface area (Å²) in [6, 6.07) is 3.27. The second-order valence-corrected chi connectivity index (χ2v) is 3.91. The number of carboxylic acid groups (broad SMARTS) is 1. The molecule has 2 aromatic rings. The van der Waals surface area contributed by atoms with Crippen molar-refractivity contribution in [2.45, 2.75) is 13.0 Å². The highest BCUT2D eigenvalue weighted by Crippen LogP contribution is 2.12. The predicted octanol–water partition coefficient (Wildman–Crippen LogP) is 0.994. The van der Waals surface area contributed by atoms with Crippen molar-refractivity contribution in [1.29, 1.82) is 0 Å². The lowest BCUT2D eigenvalue weighted by Crippen LogP contribution is -2.28. The Morgan fingerprint density at radius 3 is 2.68 bits per heavy atom. The van der Waals surface area contributed by atoms with Crippen LogP contribution in [0.1, 0.15) is 39.5 Å². The highest BCUT2D eigenvalue weighted by molar-refractivity contribution is 6.02. The fourth-order valence-corrected chi connectivity index (χ4v) is 1.63. The highest BCUT2D eigenvalue weighted by atomic mass is 16.4. The third-order valence-corrected chi connectivity index (χ3v) is 2.62. The van der Waals surface area contributed by atoms with E-state index in [0.29, 0.717) is 0 Å². The number of carbonyl (C=O) groups excluding carboxylic acids is 1. The average Bonchev–Trinajstić information content (AvgIpc) is 2.89. The summed E-state index contributed by atoms with van der Waals surface area (Å²) in [5.74, 6) is -1.76. The molecule has 0 unspecified atom stereocenters. The molecule has 1 amide bonds. The number of amides is 1. The van der Waals surface area contributed by atoms with E-state index < -0.39 is 11.9 Å². The van der Waals surface area contributed by atoms with Gasteiger partial charge >= 0.3 is 5.97 Å². The molecule has 0 aromatic carbocycles. The summed E-state index contributed by atoms with van der Waals surface area (Å²) in [4.78, 5) is 32.9. The van der Waals surface area contributed by atoms with Crippen LogP contribution in [0.4, 0.5) is 0 Å². The van der Waals surface area contributed by atoms with Crippen LogP contribution in [0.2, 0.25) is 0 Å². The minimum atomic E-state index is -1.22. The van der Waals surface area contributed by atoms with Crippen molar-refractivity contribution < 1.29 is 14.7 Å². The average molecular weight is 260 g/mol. The Labute approximate surface area is 108 Å². The molecule has 0 aliphatic carbocycles. The Kier molecular flexibility index (Phi) is 3.56. The van der Waals surface area contributed by atoms with E-state index in [0.717, 1.165) is 5.56 Å². The zero-order chi connectivity index (χ0) is 13.8. The molecular weight excluding hydrogens is 248 g/mol. The molecule has 7 nitrogen and oxygen atoms in total. The Bertz CT molecular complexity index is 594. The van der Waals surface area contributed by atoms with Crippen LogP contribution < -0.4 is 5.32 Å². The molecule has 98 valence electrons. The third kappa shape index (κ3) is 2.76. The molecule has 1 atom stereocenters. The van der Waals surface area contributed by atoms with Crippen molar-refractivity contribution in [1.82, 2.24) is 20.3 Å². The summed E-state index contributed by atoms with van der Waals surface area (Å²) in [6.07, 6.45) is 4.42. The summed E-state index contributed by atoms with van der Waals surface area (Å²) in [6.45, 7) is 1.79. The van der Waals surface area contributed by atoms with Gasteiger partial charge in [-0.3, -0.25) is 9.78 Å². The number of H-pyrrole nitrogens is 1. The second kappa shape index (κ2) is 5.30. The van der Waals surface area contributed by atoms with Crippen LogP contribution in [-0.2, 0) is 0 Å². The zero-order valence-corrected chi connectivity index (χ0v) is 10.1. The van der Waals surface area contributed by atoms with Gasteiger partial charge in [-0.2, -0.15) is 0 Å². The number of hydrogen-bond donors (Lipinski definition) is 3. The number of nitrogens with one attached hydrogen (secondary N) is 2.